The Labute approximate surface area is 153 Å². The maximum Gasteiger partial charge on any atom is 0.234 e. The molecule has 132 valence electrons. The molecule has 2 rings (SSSR count). The monoisotopic (exact) mass is 356 g/mol. The van der Waals surface area contributed by atoms with Crippen LogP contribution < -0.4 is 10.6 Å². The lowest BCUT2D eigenvalue weighted by molar-refractivity contribution is -0.118. The lowest BCUT2D eigenvalue weighted by atomic mass is 9.92. The first-order chi connectivity index (χ1) is 11.8. The molecule has 0 bridgehead atoms. The van der Waals surface area contributed by atoms with Crippen LogP contribution in [0, 0.1) is 5.41 Å². The SMILES string of the molecule is CC(C)(C)CC(=O)Nc1ccc(SCC(=O)Nc2ccccc2)cc1. The standard InChI is InChI=1S/C20H24N2O2S/c1-20(2,3)13-18(23)21-16-9-11-17(12-10-16)25-14-19(24)22-15-7-5-4-6-8-15/h4-12H,13-14H2,1-3H3,(H,21,23)(H,22,24). The van der Waals surface area contributed by atoms with E-state index in [1.807, 2.05) is 75.4 Å². The highest BCUT2D eigenvalue weighted by Crippen LogP contribution is 2.22. The highest BCUT2D eigenvalue weighted by Gasteiger charge is 2.15. The van der Waals surface area contributed by atoms with Crippen molar-refractivity contribution < 1.29 is 9.59 Å². The van der Waals surface area contributed by atoms with Gasteiger partial charge >= 0.3 is 0 Å². The number of benzene rings is 2. The summed E-state index contributed by atoms with van der Waals surface area (Å²) in [5.41, 5.74) is 1.53. The topological polar surface area (TPSA) is 58.2 Å². The number of hydrogen-bond donors (Lipinski definition) is 2. The molecule has 2 aromatic rings. The fraction of sp³-hybridized carbons (Fsp3) is 0.300. The molecule has 4 nitrogen and oxygen atoms in total. The largest absolute Gasteiger partial charge is 0.326 e. The lowest BCUT2D eigenvalue weighted by Gasteiger charge is -2.17. The molecule has 0 unspecified atom stereocenters. The summed E-state index contributed by atoms with van der Waals surface area (Å²) in [4.78, 5) is 24.9. The van der Waals surface area contributed by atoms with E-state index in [-0.39, 0.29) is 17.2 Å². The van der Waals surface area contributed by atoms with E-state index in [1.54, 1.807) is 0 Å². The molecule has 2 N–H and O–H groups in total. The van der Waals surface area contributed by atoms with Crippen LogP contribution in [0.4, 0.5) is 11.4 Å². The highest BCUT2D eigenvalue weighted by atomic mass is 32.2. The van der Waals surface area contributed by atoms with Crippen LogP contribution >= 0.6 is 11.8 Å². The first kappa shape index (κ1) is 19.1. The number of carbonyl (C=O) groups excluding carboxylic acids is 2. The summed E-state index contributed by atoms with van der Waals surface area (Å²) < 4.78 is 0. The van der Waals surface area contributed by atoms with Crippen LogP contribution in [0.1, 0.15) is 27.2 Å². The molecule has 0 radical (unpaired) electrons. The van der Waals surface area contributed by atoms with E-state index >= 15 is 0 Å². The third kappa shape index (κ3) is 7.44. The minimum absolute atomic E-state index is 0.00939. The van der Waals surface area contributed by atoms with Gasteiger partial charge in [0.15, 0.2) is 0 Å². The Balaban J connectivity index is 1.80. The molecule has 0 heterocycles. The molecule has 0 saturated carbocycles. The zero-order chi connectivity index (χ0) is 18.3. The molecule has 0 spiro atoms. The average molecular weight is 356 g/mol. The number of nitrogens with one attached hydrogen (secondary N) is 2. The van der Waals surface area contributed by atoms with Crippen molar-refractivity contribution in [3.63, 3.8) is 0 Å². The first-order valence-corrected chi connectivity index (χ1v) is 9.18. The van der Waals surface area contributed by atoms with Gasteiger partial charge in [0, 0.05) is 22.7 Å². The maximum atomic E-state index is 11.9. The van der Waals surface area contributed by atoms with E-state index in [0.29, 0.717) is 12.2 Å². The summed E-state index contributed by atoms with van der Waals surface area (Å²) in [5, 5.41) is 5.75. The Bertz CT molecular complexity index is 707. The summed E-state index contributed by atoms with van der Waals surface area (Å²) >= 11 is 1.46. The van der Waals surface area contributed by atoms with Crippen LogP contribution in [0.5, 0.6) is 0 Å². The van der Waals surface area contributed by atoms with Crippen molar-refractivity contribution in [3.8, 4) is 0 Å². The zero-order valence-corrected chi connectivity index (χ0v) is 15.7. The summed E-state index contributed by atoms with van der Waals surface area (Å²) in [6, 6.07) is 16.9. The summed E-state index contributed by atoms with van der Waals surface area (Å²) in [6.07, 6.45) is 0.475. The molecule has 25 heavy (non-hydrogen) atoms. The van der Waals surface area contributed by atoms with E-state index in [2.05, 4.69) is 10.6 Å². The predicted molar refractivity (Wildman–Crippen MR) is 105 cm³/mol. The van der Waals surface area contributed by atoms with Gasteiger partial charge in [-0.15, -0.1) is 11.8 Å². The van der Waals surface area contributed by atoms with E-state index in [9.17, 15) is 9.59 Å². The molecule has 5 heteroatoms. The highest BCUT2D eigenvalue weighted by molar-refractivity contribution is 8.00. The van der Waals surface area contributed by atoms with Crippen molar-refractivity contribution in [2.24, 2.45) is 5.41 Å². The van der Waals surface area contributed by atoms with Crippen molar-refractivity contribution in [1.82, 2.24) is 0 Å². The van der Waals surface area contributed by atoms with Gasteiger partial charge in [0.1, 0.15) is 0 Å². The Morgan fingerprint density at radius 3 is 2.00 bits per heavy atom. The average Bonchev–Trinajstić information content (AvgIpc) is 2.53. The molecule has 0 aromatic heterocycles. The summed E-state index contributed by atoms with van der Waals surface area (Å²) in [5.74, 6) is 0.304. The van der Waals surface area contributed by atoms with Crippen molar-refractivity contribution in [2.45, 2.75) is 32.1 Å². The van der Waals surface area contributed by atoms with Gasteiger partial charge in [-0.05, 0) is 41.8 Å². The number of amides is 2. The Kier molecular flexibility index (Phi) is 6.65. The van der Waals surface area contributed by atoms with E-state index in [4.69, 9.17) is 0 Å². The van der Waals surface area contributed by atoms with Gasteiger partial charge in [0.2, 0.25) is 11.8 Å². The van der Waals surface area contributed by atoms with Crippen molar-refractivity contribution in [2.75, 3.05) is 16.4 Å². The molecule has 0 saturated heterocycles. The lowest BCUT2D eigenvalue weighted by Crippen LogP contribution is -2.19. The van der Waals surface area contributed by atoms with E-state index < -0.39 is 0 Å². The second-order valence-corrected chi connectivity index (χ2v) is 8.06. The molecule has 0 aliphatic rings. The van der Waals surface area contributed by atoms with Gasteiger partial charge in [0.05, 0.1) is 5.75 Å². The number of hydrogen-bond acceptors (Lipinski definition) is 3. The van der Waals surface area contributed by atoms with Gasteiger partial charge in [-0.2, -0.15) is 0 Å². The zero-order valence-electron chi connectivity index (χ0n) is 14.8. The summed E-state index contributed by atoms with van der Waals surface area (Å²) in [6.45, 7) is 6.10. The normalized spacial score (nSPS) is 11.0. The van der Waals surface area contributed by atoms with Crippen LogP contribution in [-0.2, 0) is 9.59 Å². The third-order valence-corrected chi connectivity index (χ3v) is 4.27. The minimum Gasteiger partial charge on any atom is -0.326 e. The molecule has 0 aliphatic carbocycles. The fourth-order valence-corrected chi connectivity index (χ4v) is 2.89. The van der Waals surface area contributed by atoms with Gasteiger partial charge in [-0.3, -0.25) is 9.59 Å². The molecule has 2 aromatic carbocycles. The van der Waals surface area contributed by atoms with Gasteiger partial charge < -0.3 is 10.6 Å². The van der Waals surface area contributed by atoms with Gasteiger partial charge in [-0.1, -0.05) is 39.0 Å². The maximum absolute atomic E-state index is 11.9. The number of para-hydroxylation sites is 1. The Hall–Kier alpha value is -2.27. The van der Waals surface area contributed by atoms with Crippen LogP contribution in [0.15, 0.2) is 59.5 Å². The molecular formula is C20H24N2O2S. The van der Waals surface area contributed by atoms with Gasteiger partial charge in [0.25, 0.3) is 0 Å². The molecule has 0 aliphatic heterocycles. The number of rotatable bonds is 6. The van der Waals surface area contributed by atoms with Crippen LogP contribution in [0.3, 0.4) is 0 Å². The quantitative estimate of drug-likeness (QED) is 0.732. The minimum atomic E-state index is -0.0428. The number of thioether (sulfide) groups is 1. The molecule has 0 fully saturated rings. The first-order valence-electron chi connectivity index (χ1n) is 8.19. The fourth-order valence-electron chi connectivity index (χ4n) is 2.19. The second-order valence-electron chi connectivity index (χ2n) is 7.01. The van der Waals surface area contributed by atoms with Crippen molar-refractivity contribution >= 4 is 35.0 Å². The Morgan fingerprint density at radius 1 is 0.840 bits per heavy atom. The van der Waals surface area contributed by atoms with Gasteiger partial charge in [-0.25, -0.2) is 0 Å². The van der Waals surface area contributed by atoms with Crippen molar-refractivity contribution in [1.29, 1.82) is 0 Å². The number of anilines is 2. The van der Waals surface area contributed by atoms with Crippen LogP contribution in [-0.4, -0.2) is 17.6 Å². The van der Waals surface area contributed by atoms with E-state index in [0.717, 1.165) is 16.3 Å². The number of carbonyl (C=O) groups is 2. The predicted octanol–water partition coefficient (Wildman–Crippen LogP) is 4.79. The van der Waals surface area contributed by atoms with Crippen molar-refractivity contribution in [3.05, 3.63) is 54.6 Å². The molecular weight excluding hydrogens is 332 g/mol. The van der Waals surface area contributed by atoms with Crippen LogP contribution in [0.2, 0.25) is 0 Å². The smallest absolute Gasteiger partial charge is 0.234 e. The second kappa shape index (κ2) is 8.72. The molecule has 0 atom stereocenters. The third-order valence-electron chi connectivity index (χ3n) is 3.26. The molecule has 2 amide bonds. The Morgan fingerprint density at radius 2 is 1.40 bits per heavy atom. The van der Waals surface area contributed by atoms with Crippen LogP contribution in [0.25, 0.3) is 0 Å². The summed E-state index contributed by atoms with van der Waals surface area (Å²) in [7, 11) is 0. The van der Waals surface area contributed by atoms with E-state index in [1.165, 1.54) is 11.8 Å².